The average molecular weight is 297 g/mol. The second-order valence-corrected chi connectivity index (χ2v) is 5.91. The number of fused-ring (bicyclic) bond motifs is 1. The highest BCUT2D eigenvalue weighted by Gasteiger charge is 2.19. The number of hydrogen-bond donors (Lipinski definition) is 1. The predicted octanol–water partition coefficient (Wildman–Crippen LogP) is 3.19. The molecule has 0 saturated carbocycles. The quantitative estimate of drug-likeness (QED) is 0.920. The Morgan fingerprint density at radius 1 is 1.14 bits per heavy atom. The Bertz CT molecular complexity index is 626. The van der Waals surface area contributed by atoms with Crippen LogP contribution in [0.4, 0.5) is 5.69 Å². The second kappa shape index (κ2) is 6.84. The van der Waals surface area contributed by atoms with Crippen molar-refractivity contribution in [3.63, 3.8) is 0 Å². The molecule has 0 aliphatic carbocycles. The number of β-amino-alcohol motifs (C(OH)–C–C–N with tert-alkyl or cyclic N) is 1. The summed E-state index contributed by atoms with van der Waals surface area (Å²) in [5, 5.41) is 10.3. The Balaban J connectivity index is 1.59. The molecule has 0 aromatic heterocycles. The minimum atomic E-state index is -0.495. The van der Waals surface area contributed by atoms with Crippen LogP contribution in [0.1, 0.15) is 17.5 Å². The monoisotopic (exact) mass is 297 g/mol. The maximum atomic E-state index is 10.3. The molecule has 1 aliphatic rings. The van der Waals surface area contributed by atoms with E-state index in [9.17, 15) is 5.11 Å². The zero-order valence-electron chi connectivity index (χ0n) is 13.0. The zero-order valence-corrected chi connectivity index (χ0v) is 13.0. The van der Waals surface area contributed by atoms with Gasteiger partial charge in [-0.05, 0) is 43.0 Å². The van der Waals surface area contributed by atoms with Gasteiger partial charge in [0.25, 0.3) is 0 Å². The van der Waals surface area contributed by atoms with E-state index in [4.69, 9.17) is 4.74 Å². The Morgan fingerprint density at radius 3 is 2.77 bits per heavy atom. The Morgan fingerprint density at radius 2 is 1.91 bits per heavy atom. The molecule has 0 amide bonds. The molecule has 3 nitrogen and oxygen atoms in total. The van der Waals surface area contributed by atoms with Crippen molar-refractivity contribution in [2.24, 2.45) is 0 Å². The summed E-state index contributed by atoms with van der Waals surface area (Å²) >= 11 is 0. The highest BCUT2D eigenvalue weighted by atomic mass is 16.5. The van der Waals surface area contributed by atoms with Crippen LogP contribution in [0.15, 0.2) is 48.5 Å². The van der Waals surface area contributed by atoms with Crippen molar-refractivity contribution in [3.05, 3.63) is 59.7 Å². The van der Waals surface area contributed by atoms with Gasteiger partial charge < -0.3 is 14.7 Å². The number of hydrogen-bond acceptors (Lipinski definition) is 3. The molecule has 116 valence electrons. The van der Waals surface area contributed by atoms with E-state index in [2.05, 4.69) is 29.2 Å². The number of nitrogens with zero attached hydrogens (tertiary/aromatic N) is 1. The zero-order chi connectivity index (χ0) is 15.4. The Kier molecular flexibility index (Phi) is 4.64. The fourth-order valence-electron chi connectivity index (χ4n) is 3.01. The molecule has 2 aromatic rings. The van der Waals surface area contributed by atoms with Crippen LogP contribution in [0, 0.1) is 6.92 Å². The van der Waals surface area contributed by atoms with Gasteiger partial charge in [0.05, 0.1) is 0 Å². The summed E-state index contributed by atoms with van der Waals surface area (Å²) in [7, 11) is 0. The minimum absolute atomic E-state index is 0.323. The predicted molar refractivity (Wildman–Crippen MR) is 89.7 cm³/mol. The first-order valence-electron chi connectivity index (χ1n) is 7.93. The molecule has 1 N–H and O–H groups in total. The van der Waals surface area contributed by atoms with Gasteiger partial charge in [-0.2, -0.15) is 0 Å². The molecule has 3 rings (SSSR count). The Hall–Kier alpha value is -2.00. The van der Waals surface area contributed by atoms with Crippen LogP contribution in [-0.4, -0.2) is 30.9 Å². The molecule has 22 heavy (non-hydrogen) atoms. The summed E-state index contributed by atoms with van der Waals surface area (Å²) in [5.41, 5.74) is 3.72. The minimum Gasteiger partial charge on any atom is -0.491 e. The first kappa shape index (κ1) is 14.9. The van der Waals surface area contributed by atoms with Crippen molar-refractivity contribution in [2.75, 3.05) is 24.6 Å². The third-order valence-electron chi connectivity index (χ3n) is 4.16. The normalized spacial score (nSPS) is 15.3. The molecule has 0 fully saturated rings. The van der Waals surface area contributed by atoms with E-state index in [0.717, 1.165) is 30.7 Å². The first-order chi connectivity index (χ1) is 10.7. The largest absolute Gasteiger partial charge is 0.491 e. The third kappa shape index (κ3) is 3.42. The molecule has 0 saturated heterocycles. The van der Waals surface area contributed by atoms with E-state index in [1.807, 2.05) is 31.2 Å². The molecule has 1 atom stereocenters. The van der Waals surface area contributed by atoms with E-state index in [-0.39, 0.29) is 0 Å². The van der Waals surface area contributed by atoms with Gasteiger partial charge in [0.15, 0.2) is 0 Å². The third-order valence-corrected chi connectivity index (χ3v) is 4.16. The van der Waals surface area contributed by atoms with Crippen molar-refractivity contribution in [1.29, 1.82) is 0 Å². The van der Waals surface area contributed by atoms with Gasteiger partial charge in [0, 0.05) is 18.8 Å². The highest BCUT2D eigenvalue weighted by molar-refractivity contribution is 5.55. The van der Waals surface area contributed by atoms with Crippen molar-refractivity contribution in [3.8, 4) is 5.75 Å². The van der Waals surface area contributed by atoms with Gasteiger partial charge in [-0.1, -0.05) is 36.4 Å². The van der Waals surface area contributed by atoms with E-state index in [0.29, 0.717) is 13.2 Å². The lowest BCUT2D eigenvalue weighted by molar-refractivity contribution is 0.111. The fourth-order valence-corrected chi connectivity index (χ4v) is 3.01. The number of ether oxygens (including phenoxy) is 1. The van der Waals surface area contributed by atoms with Crippen LogP contribution in [0.2, 0.25) is 0 Å². The van der Waals surface area contributed by atoms with E-state index in [1.165, 1.54) is 11.3 Å². The lowest BCUT2D eigenvalue weighted by atomic mass is 10.0. The summed E-state index contributed by atoms with van der Waals surface area (Å²) < 4.78 is 5.75. The van der Waals surface area contributed by atoms with Crippen LogP contribution in [0.25, 0.3) is 0 Å². The van der Waals surface area contributed by atoms with Gasteiger partial charge in [0.2, 0.25) is 0 Å². The molecular weight excluding hydrogens is 274 g/mol. The number of aliphatic hydroxyl groups is 1. The summed E-state index contributed by atoms with van der Waals surface area (Å²) in [4.78, 5) is 2.27. The van der Waals surface area contributed by atoms with Crippen molar-refractivity contribution < 1.29 is 9.84 Å². The van der Waals surface area contributed by atoms with Gasteiger partial charge >= 0.3 is 0 Å². The average Bonchev–Trinajstić information content (AvgIpc) is 2.54. The topological polar surface area (TPSA) is 32.7 Å². The fraction of sp³-hybridized carbons (Fsp3) is 0.368. The van der Waals surface area contributed by atoms with Gasteiger partial charge in [-0.15, -0.1) is 0 Å². The molecule has 2 aromatic carbocycles. The summed E-state index contributed by atoms with van der Waals surface area (Å²) in [6, 6.07) is 16.4. The number of benzene rings is 2. The number of anilines is 1. The van der Waals surface area contributed by atoms with Crippen LogP contribution in [0.5, 0.6) is 5.75 Å². The SMILES string of the molecule is Cc1ccccc1OCC(O)CN1CCCc2ccccc21. The molecular formula is C19H23NO2. The second-order valence-electron chi connectivity index (χ2n) is 5.91. The van der Waals surface area contributed by atoms with Gasteiger partial charge in [0.1, 0.15) is 18.5 Å². The maximum absolute atomic E-state index is 10.3. The lowest BCUT2D eigenvalue weighted by Gasteiger charge is -2.32. The van der Waals surface area contributed by atoms with Gasteiger partial charge in [-0.25, -0.2) is 0 Å². The van der Waals surface area contributed by atoms with Crippen molar-refractivity contribution >= 4 is 5.69 Å². The van der Waals surface area contributed by atoms with E-state index < -0.39 is 6.10 Å². The Labute approximate surface area is 132 Å². The molecule has 0 bridgehead atoms. The summed E-state index contributed by atoms with van der Waals surface area (Å²) in [6.07, 6.45) is 1.77. The molecule has 3 heteroatoms. The van der Waals surface area contributed by atoms with E-state index in [1.54, 1.807) is 0 Å². The molecule has 1 aliphatic heterocycles. The summed E-state index contributed by atoms with van der Waals surface area (Å²) in [5.74, 6) is 0.848. The van der Waals surface area contributed by atoms with Crippen LogP contribution < -0.4 is 9.64 Å². The number of aryl methyl sites for hydroxylation is 2. The molecule has 0 spiro atoms. The van der Waals surface area contributed by atoms with Crippen LogP contribution in [-0.2, 0) is 6.42 Å². The number of rotatable bonds is 5. The molecule has 1 unspecified atom stereocenters. The van der Waals surface area contributed by atoms with Crippen LogP contribution in [0.3, 0.4) is 0 Å². The molecule has 0 radical (unpaired) electrons. The number of aliphatic hydroxyl groups excluding tert-OH is 1. The van der Waals surface area contributed by atoms with Crippen molar-refractivity contribution in [2.45, 2.75) is 25.9 Å². The summed E-state index contributed by atoms with van der Waals surface area (Å²) in [6.45, 7) is 3.95. The highest BCUT2D eigenvalue weighted by Crippen LogP contribution is 2.26. The first-order valence-corrected chi connectivity index (χ1v) is 7.93. The maximum Gasteiger partial charge on any atom is 0.122 e. The number of para-hydroxylation sites is 2. The van der Waals surface area contributed by atoms with Crippen LogP contribution >= 0.6 is 0 Å². The smallest absolute Gasteiger partial charge is 0.122 e. The molecule has 1 heterocycles. The lowest BCUT2D eigenvalue weighted by Crippen LogP contribution is -2.38. The van der Waals surface area contributed by atoms with E-state index >= 15 is 0 Å². The van der Waals surface area contributed by atoms with Gasteiger partial charge in [-0.3, -0.25) is 0 Å². The van der Waals surface area contributed by atoms with Crippen molar-refractivity contribution in [1.82, 2.24) is 0 Å². The standard InChI is InChI=1S/C19H23NO2/c1-15-7-2-5-11-19(15)22-14-17(21)13-20-12-6-9-16-8-3-4-10-18(16)20/h2-5,7-8,10-11,17,21H,6,9,12-14H2,1H3.